The van der Waals surface area contributed by atoms with Gasteiger partial charge in [-0.3, -0.25) is 4.55 Å². The third kappa shape index (κ3) is 5.74. The maximum absolute atomic E-state index is 10.9. The van der Waals surface area contributed by atoms with Crippen LogP contribution in [0.1, 0.15) is 0 Å². The minimum absolute atomic E-state index is 0.0285. The van der Waals surface area contributed by atoms with E-state index in [4.69, 9.17) is 9.66 Å². The Labute approximate surface area is 141 Å². The van der Waals surface area contributed by atoms with Crippen molar-refractivity contribution in [3.8, 4) is 0 Å². The SMILES string of the molecule is O=S(=O)(O)OC(C(O)C[S@+]1C[C@@H](O)[C@H](O)[C@H]1CO)C(O)C(O)CO. The first kappa shape index (κ1) is 22.0. The van der Waals surface area contributed by atoms with Crippen molar-refractivity contribution in [2.45, 2.75) is 41.9 Å². The Morgan fingerprint density at radius 2 is 1.71 bits per heavy atom. The molecular formula is C11H23O11S2+. The molecule has 0 aromatic heterocycles. The van der Waals surface area contributed by atoms with E-state index in [1.807, 2.05) is 0 Å². The van der Waals surface area contributed by atoms with Crippen molar-refractivity contribution < 1.29 is 52.9 Å². The molecule has 1 fully saturated rings. The summed E-state index contributed by atoms with van der Waals surface area (Å²) in [6, 6.07) is 0. The minimum Gasteiger partial charge on any atom is -0.394 e. The molecule has 0 amide bonds. The van der Waals surface area contributed by atoms with Gasteiger partial charge in [0.1, 0.15) is 48.1 Å². The maximum atomic E-state index is 10.9. The average Bonchev–Trinajstić information content (AvgIpc) is 2.76. The Morgan fingerprint density at radius 1 is 1.12 bits per heavy atom. The summed E-state index contributed by atoms with van der Waals surface area (Å²) in [6.45, 7) is -1.44. The van der Waals surface area contributed by atoms with E-state index < -0.39 is 76.4 Å². The molecule has 1 aliphatic rings. The molecule has 13 heteroatoms. The monoisotopic (exact) mass is 395 g/mol. The molecule has 0 aromatic rings. The second kappa shape index (κ2) is 9.05. The molecule has 0 aliphatic carbocycles. The lowest BCUT2D eigenvalue weighted by atomic mass is 10.0. The van der Waals surface area contributed by atoms with Crippen molar-refractivity contribution in [3.63, 3.8) is 0 Å². The fourth-order valence-corrected chi connectivity index (χ4v) is 5.63. The lowest BCUT2D eigenvalue weighted by Gasteiger charge is -2.28. The highest BCUT2D eigenvalue weighted by Crippen LogP contribution is 2.26. The zero-order valence-corrected chi connectivity index (χ0v) is 14.1. The third-order valence-electron chi connectivity index (χ3n) is 3.68. The summed E-state index contributed by atoms with van der Waals surface area (Å²) in [5.74, 6) is -0.255. The molecule has 0 bridgehead atoms. The quantitative estimate of drug-likeness (QED) is 0.137. The van der Waals surface area contributed by atoms with Gasteiger partial charge in [-0.1, -0.05) is 0 Å². The van der Waals surface area contributed by atoms with Gasteiger partial charge in [0, 0.05) is 10.9 Å². The molecule has 0 saturated carbocycles. The van der Waals surface area contributed by atoms with Gasteiger partial charge in [0.2, 0.25) is 0 Å². The average molecular weight is 395 g/mol. The van der Waals surface area contributed by atoms with Crippen LogP contribution >= 0.6 is 0 Å². The highest BCUT2D eigenvalue weighted by molar-refractivity contribution is 7.97. The summed E-state index contributed by atoms with van der Waals surface area (Å²) in [7, 11) is -6.03. The standard InChI is InChI=1S/C11H22O11S2/c12-1-5(14)10(18)11(22-24(19,20)21)7(16)4-23-3-6(15)9(17)8(23)2-13/h5-18H,1-4H2/p+1/t5?,6-,7?,8-,9+,10?,11?,23+/m1/s1. The predicted molar refractivity (Wildman–Crippen MR) is 81.5 cm³/mol. The summed E-state index contributed by atoms with van der Waals surface area (Å²) in [4.78, 5) is 0. The van der Waals surface area contributed by atoms with E-state index in [1.165, 1.54) is 0 Å². The first-order valence-electron chi connectivity index (χ1n) is 6.95. The van der Waals surface area contributed by atoms with Crippen molar-refractivity contribution in [2.75, 3.05) is 24.7 Å². The van der Waals surface area contributed by atoms with Gasteiger partial charge in [0.25, 0.3) is 0 Å². The van der Waals surface area contributed by atoms with Crippen LogP contribution in [0.2, 0.25) is 0 Å². The lowest BCUT2D eigenvalue weighted by Crippen LogP contribution is -2.51. The number of rotatable bonds is 9. The minimum atomic E-state index is -5.09. The molecule has 1 saturated heterocycles. The van der Waals surface area contributed by atoms with Crippen molar-refractivity contribution in [2.24, 2.45) is 0 Å². The van der Waals surface area contributed by atoms with Gasteiger partial charge in [0.05, 0.1) is 13.2 Å². The van der Waals surface area contributed by atoms with Crippen molar-refractivity contribution in [3.05, 3.63) is 0 Å². The van der Waals surface area contributed by atoms with Gasteiger partial charge >= 0.3 is 10.4 Å². The van der Waals surface area contributed by atoms with Gasteiger partial charge in [-0.15, -0.1) is 0 Å². The molecule has 8 atom stereocenters. The van der Waals surface area contributed by atoms with Crippen LogP contribution in [0, 0.1) is 0 Å². The van der Waals surface area contributed by atoms with E-state index in [1.54, 1.807) is 0 Å². The molecule has 144 valence electrons. The Balaban J connectivity index is 2.89. The Hall–Kier alpha value is -0.0600. The van der Waals surface area contributed by atoms with Crippen LogP contribution < -0.4 is 0 Å². The topological polar surface area (TPSA) is 205 Å². The van der Waals surface area contributed by atoms with Crippen LogP contribution in [0.3, 0.4) is 0 Å². The van der Waals surface area contributed by atoms with E-state index in [0.29, 0.717) is 0 Å². The Bertz CT molecular complexity index is 486. The number of aliphatic hydroxyl groups is 7. The first-order chi connectivity index (χ1) is 11.0. The zero-order valence-electron chi connectivity index (χ0n) is 12.5. The smallest absolute Gasteiger partial charge is 0.394 e. The molecule has 0 aromatic carbocycles. The van der Waals surface area contributed by atoms with E-state index >= 15 is 0 Å². The van der Waals surface area contributed by atoms with Crippen LogP contribution in [0.5, 0.6) is 0 Å². The molecular weight excluding hydrogens is 372 g/mol. The van der Waals surface area contributed by atoms with Gasteiger partial charge in [-0.2, -0.15) is 8.42 Å². The summed E-state index contributed by atoms with van der Waals surface area (Å²) in [5, 5.41) is 66.0. The summed E-state index contributed by atoms with van der Waals surface area (Å²) < 4.78 is 34.7. The van der Waals surface area contributed by atoms with Crippen molar-refractivity contribution >= 4 is 21.3 Å². The molecule has 1 heterocycles. The Morgan fingerprint density at radius 3 is 2.17 bits per heavy atom. The number of aliphatic hydroxyl groups excluding tert-OH is 7. The molecule has 1 aliphatic heterocycles. The fourth-order valence-electron chi connectivity index (χ4n) is 2.42. The number of hydrogen-bond acceptors (Lipinski definition) is 10. The van der Waals surface area contributed by atoms with E-state index in [2.05, 4.69) is 4.18 Å². The zero-order chi connectivity index (χ0) is 18.7. The molecule has 0 spiro atoms. The third-order valence-corrected chi connectivity index (χ3v) is 6.97. The van der Waals surface area contributed by atoms with Gasteiger partial charge in [0.15, 0.2) is 5.25 Å². The predicted octanol–water partition coefficient (Wildman–Crippen LogP) is -5.04. The fraction of sp³-hybridized carbons (Fsp3) is 1.00. The highest BCUT2D eigenvalue weighted by atomic mass is 32.3. The molecule has 11 nitrogen and oxygen atoms in total. The first-order valence-corrected chi connectivity index (χ1v) is 9.95. The number of hydrogen-bond donors (Lipinski definition) is 8. The molecule has 4 unspecified atom stereocenters. The molecule has 1 rings (SSSR count). The van der Waals surface area contributed by atoms with E-state index in [0.717, 1.165) is 0 Å². The second-order valence-electron chi connectivity index (χ2n) is 5.45. The summed E-state index contributed by atoms with van der Waals surface area (Å²) in [6.07, 6.45) is -9.98. The van der Waals surface area contributed by atoms with E-state index in [-0.39, 0.29) is 11.5 Å². The molecule has 0 radical (unpaired) electrons. The van der Waals surface area contributed by atoms with Crippen LogP contribution in [-0.2, 0) is 25.5 Å². The summed E-state index contributed by atoms with van der Waals surface area (Å²) in [5.41, 5.74) is 0. The highest BCUT2D eigenvalue weighted by Gasteiger charge is 2.51. The van der Waals surface area contributed by atoms with Crippen LogP contribution in [-0.4, -0.2) is 115 Å². The summed E-state index contributed by atoms with van der Waals surface area (Å²) >= 11 is 0. The van der Waals surface area contributed by atoms with Crippen LogP contribution in [0.4, 0.5) is 0 Å². The van der Waals surface area contributed by atoms with Crippen LogP contribution in [0.15, 0.2) is 0 Å². The van der Waals surface area contributed by atoms with Crippen LogP contribution in [0.25, 0.3) is 0 Å². The largest absolute Gasteiger partial charge is 0.397 e. The lowest BCUT2D eigenvalue weighted by molar-refractivity contribution is -0.0999. The molecule has 24 heavy (non-hydrogen) atoms. The van der Waals surface area contributed by atoms with E-state index in [9.17, 15) is 39.1 Å². The normalized spacial score (nSPS) is 33.2. The van der Waals surface area contributed by atoms with Gasteiger partial charge in [-0.25, -0.2) is 4.18 Å². The van der Waals surface area contributed by atoms with Crippen molar-refractivity contribution in [1.82, 2.24) is 0 Å². The maximum Gasteiger partial charge on any atom is 0.397 e. The Kier molecular flexibility index (Phi) is 8.28. The van der Waals surface area contributed by atoms with Crippen molar-refractivity contribution in [1.29, 1.82) is 0 Å². The molecule has 8 N–H and O–H groups in total. The van der Waals surface area contributed by atoms with Gasteiger partial charge in [-0.05, 0) is 0 Å². The second-order valence-corrected chi connectivity index (χ2v) is 8.84. The van der Waals surface area contributed by atoms with Gasteiger partial charge < -0.3 is 35.7 Å².